The molecule has 2 aromatic carbocycles. The third-order valence-electron chi connectivity index (χ3n) is 5.66. The van der Waals surface area contributed by atoms with Crippen molar-refractivity contribution in [1.82, 2.24) is 9.80 Å². The zero-order chi connectivity index (χ0) is 23.0. The number of likely N-dealkylation sites (N-methyl/N-ethyl adjacent to an activating group) is 1. The molecule has 2 aliphatic rings. The van der Waals surface area contributed by atoms with Crippen molar-refractivity contribution < 1.29 is 14.3 Å². The van der Waals surface area contributed by atoms with Gasteiger partial charge in [0.2, 0.25) is 0 Å². The van der Waals surface area contributed by atoms with Crippen molar-refractivity contribution in [3.8, 4) is 0 Å². The molecule has 32 heavy (non-hydrogen) atoms. The van der Waals surface area contributed by atoms with E-state index in [0.717, 1.165) is 36.8 Å². The van der Waals surface area contributed by atoms with Crippen molar-refractivity contribution in [3.05, 3.63) is 52.5 Å². The van der Waals surface area contributed by atoms with E-state index in [4.69, 9.17) is 16.3 Å². The second-order valence-corrected chi connectivity index (χ2v) is 9.69. The number of nitrogens with one attached hydrogen (secondary N) is 1. The second kappa shape index (κ2) is 8.64. The number of carbonyl (C=O) groups is 2. The van der Waals surface area contributed by atoms with Crippen molar-refractivity contribution in [1.29, 1.82) is 0 Å². The van der Waals surface area contributed by atoms with Gasteiger partial charge < -0.3 is 19.9 Å². The smallest absolute Gasteiger partial charge is 0.417 e. The van der Waals surface area contributed by atoms with E-state index < -0.39 is 17.6 Å². The van der Waals surface area contributed by atoms with Crippen LogP contribution in [0.3, 0.4) is 0 Å². The van der Waals surface area contributed by atoms with Gasteiger partial charge in [0.05, 0.1) is 17.8 Å². The standard InChI is InChI=1S/C24H29ClN4O3/c1-24(2,3)32-23(31)29-15-18-19(25)9-10-20(21(18)22(29)30)26-16-5-7-17(8-6-16)28-13-11-27(4)12-14-28/h5-10,26H,11-15H2,1-4H3. The van der Waals surface area contributed by atoms with Crippen LogP contribution >= 0.6 is 11.6 Å². The van der Waals surface area contributed by atoms with Crippen molar-refractivity contribution in [2.75, 3.05) is 43.4 Å². The predicted molar refractivity (Wildman–Crippen MR) is 127 cm³/mol. The number of halogens is 1. The van der Waals surface area contributed by atoms with Gasteiger partial charge >= 0.3 is 6.09 Å². The Morgan fingerprint density at radius 2 is 1.69 bits per heavy atom. The van der Waals surface area contributed by atoms with Gasteiger partial charge in [0.1, 0.15) is 5.60 Å². The lowest BCUT2D eigenvalue weighted by atomic mass is 10.1. The van der Waals surface area contributed by atoms with Gasteiger partial charge in [0.15, 0.2) is 0 Å². The summed E-state index contributed by atoms with van der Waals surface area (Å²) in [5.41, 5.74) is 3.00. The van der Waals surface area contributed by atoms with Crippen molar-refractivity contribution in [2.45, 2.75) is 32.9 Å². The zero-order valence-corrected chi connectivity index (χ0v) is 19.7. The van der Waals surface area contributed by atoms with Crippen LogP contribution in [0.5, 0.6) is 0 Å². The molecule has 8 heteroatoms. The van der Waals surface area contributed by atoms with Gasteiger partial charge in [-0.3, -0.25) is 4.79 Å². The fourth-order valence-corrected chi connectivity index (χ4v) is 4.15. The Bertz CT molecular complexity index is 1020. The van der Waals surface area contributed by atoms with Crippen molar-refractivity contribution in [3.63, 3.8) is 0 Å². The second-order valence-electron chi connectivity index (χ2n) is 9.28. The van der Waals surface area contributed by atoms with Gasteiger partial charge in [-0.25, -0.2) is 9.69 Å². The number of hydrogen-bond donors (Lipinski definition) is 1. The average molecular weight is 457 g/mol. The molecule has 2 amide bonds. The summed E-state index contributed by atoms with van der Waals surface area (Å²) in [6, 6.07) is 11.7. The first-order valence-corrected chi connectivity index (χ1v) is 11.2. The molecule has 4 rings (SSSR count). The average Bonchev–Trinajstić information content (AvgIpc) is 3.09. The molecular formula is C24H29ClN4O3. The van der Waals surface area contributed by atoms with Crippen LogP contribution in [0.2, 0.25) is 5.02 Å². The summed E-state index contributed by atoms with van der Waals surface area (Å²) in [6.45, 7) is 9.51. The van der Waals surface area contributed by atoms with Crippen molar-refractivity contribution in [2.24, 2.45) is 0 Å². The SMILES string of the molecule is CN1CCN(c2ccc(Nc3ccc(Cl)c4c3C(=O)N(C(=O)OC(C)(C)C)C4)cc2)CC1. The number of anilines is 3. The number of rotatable bonds is 3. The Labute approximate surface area is 193 Å². The Kier molecular flexibility index (Phi) is 6.05. The zero-order valence-electron chi connectivity index (χ0n) is 18.9. The monoisotopic (exact) mass is 456 g/mol. The summed E-state index contributed by atoms with van der Waals surface area (Å²) in [6.07, 6.45) is -0.669. The normalized spacial score (nSPS) is 16.8. The molecule has 0 unspecified atom stereocenters. The van der Waals surface area contributed by atoms with Gasteiger partial charge in [-0.2, -0.15) is 0 Å². The maximum Gasteiger partial charge on any atom is 0.417 e. The van der Waals surface area contributed by atoms with E-state index in [1.54, 1.807) is 32.9 Å². The Morgan fingerprint density at radius 1 is 1.03 bits per heavy atom. The molecule has 0 spiro atoms. The molecule has 0 saturated carbocycles. The van der Waals surface area contributed by atoms with E-state index in [-0.39, 0.29) is 6.54 Å². The van der Waals surface area contributed by atoms with E-state index in [2.05, 4.69) is 34.3 Å². The largest absolute Gasteiger partial charge is 0.443 e. The summed E-state index contributed by atoms with van der Waals surface area (Å²) in [7, 11) is 2.14. The molecular weight excluding hydrogens is 428 g/mol. The summed E-state index contributed by atoms with van der Waals surface area (Å²) < 4.78 is 5.39. The highest BCUT2D eigenvalue weighted by molar-refractivity contribution is 6.32. The van der Waals surface area contributed by atoms with E-state index >= 15 is 0 Å². The molecule has 0 radical (unpaired) electrons. The van der Waals surface area contributed by atoms with Crippen LogP contribution in [0.1, 0.15) is 36.7 Å². The molecule has 1 fully saturated rings. The van der Waals surface area contributed by atoms with Crippen molar-refractivity contribution >= 4 is 40.7 Å². The van der Waals surface area contributed by atoms with Gasteiger partial charge in [-0.15, -0.1) is 0 Å². The van der Waals surface area contributed by atoms with Gasteiger partial charge in [0.25, 0.3) is 5.91 Å². The van der Waals surface area contributed by atoms with Crippen LogP contribution in [-0.4, -0.2) is 60.6 Å². The molecule has 1 saturated heterocycles. The van der Waals surface area contributed by atoms with Crippen LogP contribution in [0.15, 0.2) is 36.4 Å². The minimum atomic E-state index is -0.692. The fourth-order valence-electron chi connectivity index (χ4n) is 3.93. The van der Waals surface area contributed by atoms with Crippen LogP contribution in [0.25, 0.3) is 0 Å². The highest BCUT2D eigenvalue weighted by Crippen LogP contribution is 2.36. The first-order valence-electron chi connectivity index (χ1n) is 10.8. The third-order valence-corrected chi connectivity index (χ3v) is 6.01. The van der Waals surface area contributed by atoms with E-state index in [1.807, 2.05) is 12.1 Å². The summed E-state index contributed by atoms with van der Waals surface area (Å²) >= 11 is 6.36. The topological polar surface area (TPSA) is 65.1 Å². The number of benzene rings is 2. The number of amides is 2. The number of fused-ring (bicyclic) bond motifs is 1. The highest BCUT2D eigenvalue weighted by Gasteiger charge is 2.38. The summed E-state index contributed by atoms with van der Waals surface area (Å²) in [5, 5.41) is 3.78. The number of imide groups is 1. The predicted octanol–water partition coefficient (Wildman–Crippen LogP) is 4.73. The minimum Gasteiger partial charge on any atom is -0.443 e. The Hall–Kier alpha value is -2.77. The molecule has 2 aromatic rings. The van der Waals surface area contributed by atoms with Crippen LogP contribution in [0, 0.1) is 0 Å². The van der Waals surface area contributed by atoms with Gasteiger partial charge in [-0.1, -0.05) is 11.6 Å². The van der Waals surface area contributed by atoms with Crippen LogP contribution in [0.4, 0.5) is 21.9 Å². The maximum absolute atomic E-state index is 13.1. The van der Waals surface area contributed by atoms with E-state index in [9.17, 15) is 9.59 Å². The first kappa shape index (κ1) is 22.4. The molecule has 1 N–H and O–H groups in total. The lowest BCUT2D eigenvalue weighted by Gasteiger charge is -2.34. The highest BCUT2D eigenvalue weighted by atomic mass is 35.5. The van der Waals surface area contributed by atoms with Crippen LogP contribution < -0.4 is 10.2 Å². The minimum absolute atomic E-state index is 0.0970. The summed E-state index contributed by atoms with van der Waals surface area (Å²) in [4.78, 5) is 31.4. The Balaban J connectivity index is 1.53. The maximum atomic E-state index is 13.1. The first-order chi connectivity index (χ1) is 15.1. The van der Waals surface area contributed by atoms with Crippen LogP contribution in [-0.2, 0) is 11.3 Å². The van der Waals surface area contributed by atoms with E-state index in [1.165, 1.54) is 5.69 Å². The molecule has 2 aliphatic heterocycles. The molecule has 0 bridgehead atoms. The summed E-state index contributed by atoms with van der Waals surface area (Å²) in [5.74, 6) is -0.409. The molecule has 0 atom stereocenters. The lowest BCUT2D eigenvalue weighted by molar-refractivity contribution is 0.0248. The molecule has 7 nitrogen and oxygen atoms in total. The third kappa shape index (κ3) is 4.69. The van der Waals surface area contributed by atoms with E-state index in [0.29, 0.717) is 21.8 Å². The molecule has 170 valence electrons. The number of carbonyl (C=O) groups excluding carboxylic acids is 2. The number of nitrogens with zero attached hydrogens (tertiary/aromatic N) is 3. The number of hydrogen-bond acceptors (Lipinski definition) is 6. The molecule has 0 aromatic heterocycles. The number of piperazine rings is 1. The quantitative estimate of drug-likeness (QED) is 0.720. The fraction of sp³-hybridized carbons (Fsp3) is 0.417. The lowest BCUT2D eigenvalue weighted by Crippen LogP contribution is -2.44. The van der Waals surface area contributed by atoms with Gasteiger partial charge in [0, 0.05) is 48.1 Å². The molecule has 2 heterocycles. The van der Waals surface area contributed by atoms with Gasteiger partial charge in [-0.05, 0) is 64.2 Å². The molecule has 0 aliphatic carbocycles. The Morgan fingerprint density at radius 3 is 2.31 bits per heavy atom. The number of ether oxygens (including phenoxy) is 1.